The molecule has 2 rings (SSSR count). The van der Waals surface area contributed by atoms with Crippen LogP contribution in [0, 0.1) is 0 Å². The average molecular weight is 246 g/mol. The lowest BCUT2D eigenvalue weighted by molar-refractivity contribution is 0.0953. The monoisotopic (exact) mass is 246 g/mol. The number of carbonyl (C=O) groups excluding carboxylic acids is 1. The first kappa shape index (κ1) is 12.6. The summed E-state index contributed by atoms with van der Waals surface area (Å²) in [7, 11) is 1.94. The van der Waals surface area contributed by atoms with Gasteiger partial charge in [-0.05, 0) is 18.9 Å². The number of unbranched alkanes of at least 4 members (excludes halogenated alkanes) is 1. The first-order valence-electron chi connectivity index (χ1n) is 6.17. The van der Waals surface area contributed by atoms with Crippen LogP contribution in [0.3, 0.4) is 0 Å². The smallest absolute Gasteiger partial charge is 0.253 e. The molecule has 4 nitrogen and oxygen atoms in total. The van der Waals surface area contributed by atoms with E-state index < -0.39 is 0 Å². The standard InChI is InChI=1S/C14H18N2O2/c1-16-10-12(11-6-2-3-7-13(11)16)14(18)15-8-4-5-9-17/h2-3,6-7,10,17H,4-5,8-9H2,1H3,(H,15,18). The van der Waals surface area contributed by atoms with Crippen LogP contribution < -0.4 is 5.32 Å². The lowest BCUT2D eigenvalue weighted by Crippen LogP contribution is -2.24. The van der Waals surface area contributed by atoms with Crippen molar-refractivity contribution in [1.82, 2.24) is 9.88 Å². The van der Waals surface area contributed by atoms with Crippen molar-refractivity contribution in [3.05, 3.63) is 36.0 Å². The van der Waals surface area contributed by atoms with Crippen molar-refractivity contribution >= 4 is 16.8 Å². The number of amides is 1. The first-order chi connectivity index (χ1) is 8.74. The number of para-hydroxylation sites is 1. The molecule has 1 aromatic carbocycles. The summed E-state index contributed by atoms with van der Waals surface area (Å²) in [5, 5.41) is 12.5. The quantitative estimate of drug-likeness (QED) is 0.789. The van der Waals surface area contributed by atoms with Crippen molar-refractivity contribution in [2.45, 2.75) is 12.8 Å². The van der Waals surface area contributed by atoms with E-state index in [4.69, 9.17) is 5.11 Å². The van der Waals surface area contributed by atoms with Gasteiger partial charge in [0.15, 0.2) is 0 Å². The van der Waals surface area contributed by atoms with Crippen LogP contribution in [0.5, 0.6) is 0 Å². The fourth-order valence-corrected chi connectivity index (χ4v) is 2.06. The number of aliphatic hydroxyl groups is 1. The van der Waals surface area contributed by atoms with E-state index in [1.54, 1.807) is 0 Å². The van der Waals surface area contributed by atoms with E-state index in [0.29, 0.717) is 12.1 Å². The van der Waals surface area contributed by atoms with E-state index in [2.05, 4.69) is 5.32 Å². The molecule has 0 unspecified atom stereocenters. The number of aryl methyl sites for hydroxylation is 1. The maximum atomic E-state index is 12.0. The lowest BCUT2D eigenvalue weighted by Gasteiger charge is -2.03. The van der Waals surface area contributed by atoms with Crippen molar-refractivity contribution in [2.75, 3.05) is 13.2 Å². The summed E-state index contributed by atoms with van der Waals surface area (Å²) < 4.78 is 1.96. The van der Waals surface area contributed by atoms with Gasteiger partial charge in [0.1, 0.15) is 0 Å². The van der Waals surface area contributed by atoms with Crippen LogP contribution in [0.1, 0.15) is 23.2 Å². The Hall–Kier alpha value is -1.81. The Morgan fingerprint density at radius 3 is 2.89 bits per heavy atom. The third-order valence-electron chi connectivity index (χ3n) is 3.01. The summed E-state index contributed by atoms with van der Waals surface area (Å²) in [5.74, 6) is -0.0512. The molecule has 0 aliphatic carbocycles. The van der Waals surface area contributed by atoms with Gasteiger partial charge in [-0.25, -0.2) is 0 Å². The van der Waals surface area contributed by atoms with Gasteiger partial charge in [0.05, 0.1) is 5.56 Å². The molecule has 0 aliphatic rings. The van der Waals surface area contributed by atoms with Crippen molar-refractivity contribution < 1.29 is 9.90 Å². The zero-order valence-corrected chi connectivity index (χ0v) is 10.5. The predicted octanol–water partition coefficient (Wildman–Crippen LogP) is 1.68. The summed E-state index contributed by atoms with van der Waals surface area (Å²) in [6.45, 7) is 0.771. The van der Waals surface area contributed by atoms with E-state index in [-0.39, 0.29) is 12.5 Å². The van der Waals surface area contributed by atoms with Gasteiger partial charge in [0.2, 0.25) is 0 Å². The Bertz CT molecular complexity index is 546. The Morgan fingerprint density at radius 2 is 2.11 bits per heavy atom. The summed E-state index contributed by atoms with van der Waals surface area (Å²) in [6, 6.07) is 7.85. The van der Waals surface area contributed by atoms with Gasteiger partial charge < -0.3 is 15.0 Å². The van der Waals surface area contributed by atoms with Crippen molar-refractivity contribution in [3.8, 4) is 0 Å². The molecule has 2 N–H and O–H groups in total. The average Bonchev–Trinajstić information content (AvgIpc) is 2.73. The van der Waals surface area contributed by atoms with E-state index in [1.165, 1.54) is 0 Å². The SMILES string of the molecule is Cn1cc(C(=O)NCCCCO)c2ccccc21. The summed E-state index contributed by atoms with van der Waals surface area (Å²) in [4.78, 5) is 12.0. The van der Waals surface area contributed by atoms with Gasteiger partial charge in [-0.2, -0.15) is 0 Å². The molecule has 1 amide bonds. The van der Waals surface area contributed by atoms with Gasteiger partial charge in [-0.3, -0.25) is 4.79 Å². The highest BCUT2D eigenvalue weighted by atomic mass is 16.2. The van der Waals surface area contributed by atoms with E-state index in [9.17, 15) is 4.79 Å². The summed E-state index contributed by atoms with van der Waals surface area (Å²) >= 11 is 0. The van der Waals surface area contributed by atoms with Gasteiger partial charge in [0, 0.05) is 37.3 Å². The van der Waals surface area contributed by atoms with Crippen LogP contribution in [0.15, 0.2) is 30.5 Å². The second kappa shape index (κ2) is 5.69. The predicted molar refractivity (Wildman–Crippen MR) is 71.6 cm³/mol. The second-order valence-electron chi connectivity index (χ2n) is 4.36. The summed E-state index contributed by atoms with van der Waals surface area (Å²) in [6.07, 6.45) is 3.37. The summed E-state index contributed by atoms with van der Waals surface area (Å²) in [5.41, 5.74) is 1.76. The van der Waals surface area contributed by atoms with E-state index in [0.717, 1.165) is 23.7 Å². The van der Waals surface area contributed by atoms with Gasteiger partial charge in [-0.1, -0.05) is 18.2 Å². The molecule has 0 atom stereocenters. The molecule has 1 aromatic heterocycles. The molecule has 0 saturated carbocycles. The number of nitrogens with one attached hydrogen (secondary N) is 1. The topological polar surface area (TPSA) is 54.3 Å². The molecule has 0 radical (unpaired) electrons. The molecule has 96 valence electrons. The third kappa shape index (κ3) is 2.54. The zero-order chi connectivity index (χ0) is 13.0. The minimum Gasteiger partial charge on any atom is -0.396 e. The maximum absolute atomic E-state index is 12.0. The van der Waals surface area contributed by atoms with Crippen LogP contribution in [0.4, 0.5) is 0 Å². The van der Waals surface area contributed by atoms with E-state index >= 15 is 0 Å². The normalized spacial score (nSPS) is 10.8. The Morgan fingerprint density at radius 1 is 1.33 bits per heavy atom. The molecule has 1 heterocycles. The van der Waals surface area contributed by atoms with Crippen LogP contribution in [-0.4, -0.2) is 28.7 Å². The molecule has 0 spiro atoms. The lowest BCUT2D eigenvalue weighted by atomic mass is 10.1. The van der Waals surface area contributed by atoms with Crippen LogP contribution >= 0.6 is 0 Å². The van der Waals surface area contributed by atoms with Crippen molar-refractivity contribution in [1.29, 1.82) is 0 Å². The molecular formula is C14H18N2O2. The zero-order valence-electron chi connectivity index (χ0n) is 10.5. The number of nitrogens with zero attached hydrogens (tertiary/aromatic N) is 1. The molecule has 4 heteroatoms. The second-order valence-corrected chi connectivity index (χ2v) is 4.36. The molecule has 0 fully saturated rings. The molecule has 0 aliphatic heterocycles. The van der Waals surface area contributed by atoms with Crippen LogP contribution in [-0.2, 0) is 7.05 Å². The number of fused-ring (bicyclic) bond motifs is 1. The molecule has 18 heavy (non-hydrogen) atoms. The van der Waals surface area contributed by atoms with Gasteiger partial charge >= 0.3 is 0 Å². The molecule has 0 saturated heterocycles. The van der Waals surface area contributed by atoms with E-state index in [1.807, 2.05) is 42.1 Å². The minimum atomic E-state index is -0.0512. The fourth-order valence-electron chi connectivity index (χ4n) is 2.06. The number of rotatable bonds is 5. The number of hydrogen-bond donors (Lipinski definition) is 2. The highest BCUT2D eigenvalue weighted by molar-refractivity contribution is 6.06. The molecule has 0 bridgehead atoms. The Labute approximate surface area is 106 Å². The number of aromatic nitrogens is 1. The number of carbonyl (C=O) groups is 1. The van der Waals surface area contributed by atoms with Crippen LogP contribution in [0.2, 0.25) is 0 Å². The minimum absolute atomic E-state index is 0.0512. The highest BCUT2D eigenvalue weighted by Gasteiger charge is 2.12. The largest absolute Gasteiger partial charge is 0.396 e. The van der Waals surface area contributed by atoms with Gasteiger partial charge in [0.25, 0.3) is 5.91 Å². The fraction of sp³-hybridized carbons (Fsp3) is 0.357. The Kier molecular flexibility index (Phi) is 3.99. The number of benzene rings is 1. The molecule has 2 aromatic rings. The number of hydrogen-bond acceptors (Lipinski definition) is 2. The van der Waals surface area contributed by atoms with Crippen molar-refractivity contribution in [2.24, 2.45) is 7.05 Å². The molecular weight excluding hydrogens is 228 g/mol. The maximum Gasteiger partial charge on any atom is 0.253 e. The first-order valence-corrected chi connectivity index (χ1v) is 6.17. The van der Waals surface area contributed by atoms with Gasteiger partial charge in [-0.15, -0.1) is 0 Å². The highest BCUT2D eigenvalue weighted by Crippen LogP contribution is 2.19. The Balaban J connectivity index is 2.13. The number of aliphatic hydroxyl groups excluding tert-OH is 1. The third-order valence-corrected chi connectivity index (χ3v) is 3.01. The van der Waals surface area contributed by atoms with Crippen LogP contribution in [0.25, 0.3) is 10.9 Å². The van der Waals surface area contributed by atoms with Crippen molar-refractivity contribution in [3.63, 3.8) is 0 Å².